The van der Waals surface area contributed by atoms with Crippen molar-refractivity contribution in [2.75, 3.05) is 5.73 Å². The number of nitrogens with zero attached hydrogens (tertiary/aromatic N) is 3. The summed E-state index contributed by atoms with van der Waals surface area (Å²) in [6, 6.07) is 12.9. The van der Waals surface area contributed by atoms with Crippen molar-refractivity contribution in [2.45, 2.75) is 45.8 Å². The third-order valence-electron chi connectivity index (χ3n) is 5.80. The molecule has 32 heavy (non-hydrogen) atoms. The molecular weight excluding hydrogens is 416 g/mol. The highest BCUT2D eigenvalue weighted by Crippen LogP contribution is 2.33. The zero-order valence-electron chi connectivity index (χ0n) is 18.3. The number of hydrogen-bond acceptors (Lipinski definition) is 5. The number of nitrogen functional groups attached to an aromatic ring is 1. The van der Waals surface area contributed by atoms with Gasteiger partial charge in [-0.25, -0.2) is 9.97 Å². The predicted molar refractivity (Wildman–Crippen MR) is 133 cm³/mol. The smallest absolute Gasteiger partial charge is 0.152 e. The van der Waals surface area contributed by atoms with Crippen molar-refractivity contribution in [1.82, 2.24) is 24.8 Å². The highest BCUT2D eigenvalue weighted by Gasteiger charge is 2.18. The van der Waals surface area contributed by atoms with Gasteiger partial charge in [0, 0.05) is 38.4 Å². The van der Waals surface area contributed by atoms with Crippen molar-refractivity contribution in [1.29, 1.82) is 0 Å². The van der Waals surface area contributed by atoms with Crippen molar-refractivity contribution in [3.05, 3.63) is 76.7 Å². The number of unbranched alkanes of at least 4 members (excludes halogenated alkanes) is 1. The molecule has 0 fully saturated rings. The molecule has 0 amide bonds. The lowest BCUT2D eigenvalue weighted by atomic mass is 10.1. The molecule has 1 aromatic carbocycles. The molecule has 6 nitrogen and oxygen atoms in total. The van der Waals surface area contributed by atoms with Crippen LogP contribution in [0.5, 0.6) is 0 Å². The summed E-state index contributed by atoms with van der Waals surface area (Å²) >= 11 is 1.71. The van der Waals surface area contributed by atoms with Gasteiger partial charge in [0.25, 0.3) is 0 Å². The molecule has 164 valence electrons. The third-order valence-corrected chi connectivity index (χ3v) is 6.71. The van der Waals surface area contributed by atoms with Gasteiger partial charge in [-0.15, -0.1) is 11.3 Å². The molecule has 0 atom stereocenters. The predicted octanol–water partition coefficient (Wildman–Crippen LogP) is 5.24. The molecule has 0 aliphatic heterocycles. The molecule has 4 heterocycles. The molecule has 4 aromatic heterocycles. The Hall–Kier alpha value is -3.16. The van der Waals surface area contributed by atoms with Crippen molar-refractivity contribution in [3.8, 4) is 0 Å². The lowest BCUT2D eigenvalue weighted by Crippen LogP contribution is -2.12. The average Bonchev–Trinajstić information content (AvgIpc) is 3.53. The Morgan fingerprint density at radius 1 is 1.09 bits per heavy atom. The van der Waals surface area contributed by atoms with E-state index in [0.717, 1.165) is 66.0 Å². The summed E-state index contributed by atoms with van der Waals surface area (Å²) in [5, 5.41) is 5.60. The van der Waals surface area contributed by atoms with E-state index < -0.39 is 0 Å². The van der Waals surface area contributed by atoms with Gasteiger partial charge in [-0.2, -0.15) is 0 Å². The summed E-state index contributed by atoms with van der Waals surface area (Å²) in [6.07, 6.45) is 7.16. The topological polar surface area (TPSA) is 84.5 Å². The highest BCUT2D eigenvalue weighted by molar-refractivity contribution is 7.18. The number of benzene rings is 1. The Kier molecular flexibility index (Phi) is 5.92. The number of nitrogens with one attached hydrogen (secondary N) is 2. The van der Waals surface area contributed by atoms with E-state index in [0.29, 0.717) is 5.82 Å². The number of aromatic amines is 1. The molecule has 7 heteroatoms. The maximum atomic E-state index is 6.31. The van der Waals surface area contributed by atoms with Crippen LogP contribution in [0.3, 0.4) is 0 Å². The first-order chi connectivity index (χ1) is 15.7. The number of thiophene rings is 1. The number of anilines is 1. The fourth-order valence-electron chi connectivity index (χ4n) is 4.19. The second-order valence-electron chi connectivity index (χ2n) is 8.19. The second kappa shape index (κ2) is 9.14. The Morgan fingerprint density at radius 2 is 1.97 bits per heavy atom. The molecule has 0 saturated carbocycles. The summed E-state index contributed by atoms with van der Waals surface area (Å²) in [5.74, 6) is 1.61. The summed E-state index contributed by atoms with van der Waals surface area (Å²) in [5.41, 5.74) is 13.0. The fourth-order valence-corrected chi connectivity index (χ4v) is 5.08. The molecule has 0 saturated heterocycles. The van der Waals surface area contributed by atoms with E-state index in [9.17, 15) is 0 Å². The molecular formula is C25H28N6S. The van der Waals surface area contributed by atoms with E-state index in [4.69, 9.17) is 10.7 Å². The second-order valence-corrected chi connectivity index (χ2v) is 9.11. The summed E-state index contributed by atoms with van der Waals surface area (Å²) in [6.45, 7) is 4.67. The zero-order chi connectivity index (χ0) is 21.9. The number of rotatable bonds is 9. The first kappa shape index (κ1) is 20.7. The van der Waals surface area contributed by atoms with E-state index >= 15 is 0 Å². The maximum Gasteiger partial charge on any atom is 0.152 e. The largest absolute Gasteiger partial charge is 0.382 e. The number of imidazole rings is 1. The molecule has 0 aliphatic carbocycles. The van der Waals surface area contributed by atoms with Crippen molar-refractivity contribution in [2.24, 2.45) is 0 Å². The Balaban J connectivity index is 1.46. The van der Waals surface area contributed by atoms with E-state index in [-0.39, 0.29) is 0 Å². The Bertz CT molecular complexity index is 1330. The minimum Gasteiger partial charge on any atom is -0.382 e. The number of hydrogen-bond donors (Lipinski definition) is 3. The van der Waals surface area contributed by atoms with Crippen LogP contribution in [-0.2, 0) is 26.1 Å². The highest BCUT2D eigenvalue weighted by atomic mass is 32.1. The van der Waals surface area contributed by atoms with Crippen LogP contribution in [-0.4, -0.2) is 19.5 Å². The van der Waals surface area contributed by atoms with Gasteiger partial charge in [0.2, 0.25) is 0 Å². The van der Waals surface area contributed by atoms with Gasteiger partial charge in [-0.05, 0) is 40.6 Å². The monoisotopic (exact) mass is 444 g/mol. The van der Waals surface area contributed by atoms with Gasteiger partial charge in [-0.3, -0.25) is 0 Å². The van der Waals surface area contributed by atoms with Gasteiger partial charge in [0.1, 0.15) is 11.3 Å². The number of H-pyrrole nitrogens is 1. The minimum absolute atomic E-state index is 0.519. The van der Waals surface area contributed by atoms with Crippen LogP contribution in [0.15, 0.2) is 54.2 Å². The number of nitrogens with two attached hydrogens (primary N) is 1. The first-order valence-electron chi connectivity index (χ1n) is 11.1. The Morgan fingerprint density at radius 3 is 2.81 bits per heavy atom. The van der Waals surface area contributed by atoms with Gasteiger partial charge in [0.15, 0.2) is 5.82 Å². The molecule has 4 N–H and O–H groups in total. The van der Waals surface area contributed by atoms with E-state index in [1.165, 1.54) is 16.7 Å². The van der Waals surface area contributed by atoms with Crippen LogP contribution in [0, 0.1) is 0 Å². The standard InChI is InChI=1S/C25H28N6S/c1-2-3-7-21-30-22-23(24-20(9-11-32-24)29-25(22)26)31(21)16-18-6-4-5-17(12-18)13-28-15-19-8-10-27-14-19/h4-6,8-12,14,27-28H,2-3,7,13,15-16H2,1H3,(H2,26,29). The van der Waals surface area contributed by atoms with E-state index in [1.807, 2.05) is 18.5 Å². The van der Waals surface area contributed by atoms with Crippen LogP contribution in [0.4, 0.5) is 5.82 Å². The lowest BCUT2D eigenvalue weighted by molar-refractivity contribution is 0.683. The van der Waals surface area contributed by atoms with Crippen LogP contribution in [0.25, 0.3) is 21.3 Å². The Labute approximate surface area is 191 Å². The van der Waals surface area contributed by atoms with Gasteiger partial charge < -0.3 is 20.6 Å². The number of aryl methyl sites for hydroxylation is 1. The van der Waals surface area contributed by atoms with Crippen molar-refractivity contribution < 1.29 is 0 Å². The minimum atomic E-state index is 0.519. The SMILES string of the molecule is CCCCc1nc2c(N)nc3ccsc3c2n1Cc1cccc(CNCc2cc[nH]c2)c1. The van der Waals surface area contributed by atoms with Crippen LogP contribution in [0.1, 0.15) is 42.3 Å². The molecule has 5 aromatic rings. The summed E-state index contributed by atoms with van der Waals surface area (Å²) < 4.78 is 3.52. The average molecular weight is 445 g/mol. The fraction of sp³-hybridized carbons (Fsp3) is 0.280. The number of fused-ring (bicyclic) bond motifs is 3. The van der Waals surface area contributed by atoms with Gasteiger partial charge in [-0.1, -0.05) is 37.6 Å². The van der Waals surface area contributed by atoms with Crippen molar-refractivity contribution in [3.63, 3.8) is 0 Å². The van der Waals surface area contributed by atoms with E-state index in [1.54, 1.807) is 11.3 Å². The quantitative estimate of drug-likeness (QED) is 0.290. The lowest BCUT2D eigenvalue weighted by Gasteiger charge is -2.12. The molecule has 0 radical (unpaired) electrons. The van der Waals surface area contributed by atoms with Gasteiger partial charge >= 0.3 is 0 Å². The molecule has 5 rings (SSSR count). The van der Waals surface area contributed by atoms with E-state index in [2.05, 4.69) is 62.5 Å². The molecule has 0 bridgehead atoms. The first-order valence-corrected chi connectivity index (χ1v) is 12.0. The van der Waals surface area contributed by atoms with Crippen molar-refractivity contribution >= 4 is 38.4 Å². The molecule has 0 unspecified atom stereocenters. The van der Waals surface area contributed by atoms with Crippen LogP contribution >= 0.6 is 11.3 Å². The number of pyridine rings is 1. The van der Waals surface area contributed by atoms with Gasteiger partial charge in [0.05, 0.1) is 15.7 Å². The zero-order valence-corrected chi connectivity index (χ0v) is 19.1. The van der Waals surface area contributed by atoms with Crippen LogP contribution in [0.2, 0.25) is 0 Å². The molecule has 0 aliphatic rings. The summed E-state index contributed by atoms with van der Waals surface area (Å²) in [4.78, 5) is 12.6. The number of aromatic nitrogens is 4. The maximum absolute atomic E-state index is 6.31. The summed E-state index contributed by atoms with van der Waals surface area (Å²) in [7, 11) is 0. The normalized spacial score (nSPS) is 11.7. The van der Waals surface area contributed by atoms with Crippen LogP contribution < -0.4 is 11.1 Å². The molecule has 0 spiro atoms. The third kappa shape index (κ3) is 4.13.